The largest absolute Gasteiger partial charge is 0.324 e. The highest BCUT2D eigenvalue weighted by Gasteiger charge is 2.30. The first-order chi connectivity index (χ1) is 10.8. The fourth-order valence-electron chi connectivity index (χ4n) is 2.36. The van der Waals surface area contributed by atoms with Gasteiger partial charge in [0.15, 0.2) is 0 Å². The molecule has 4 nitrogen and oxygen atoms in total. The molecule has 0 radical (unpaired) electrons. The minimum absolute atomic E-state index is 0.276. The molecule has 0 saturated heterocycles. The molecule has 0 aliphatic rings. The Morgan fingerprint density at radius 3 is 2.43 bits per heavy atom. The Bertz CT molecular complexity index is 727. The predicted octanol–water partition coefficient (Wildman–Crippen LogP) is 2.69. The van der Waals surface area contributed by atoms with E-state index < -0.39 is 16.3 Å². The molecule has 0 spiro atoms. The SMILES string of the molecule is Cc1c(CS(C)=O)cccc1NC(=O)C(C)(N)c1ccccc1. The average Bonchev–Trinajstić information content (AvgIpc) is 2.51. The van der Waals surface area contributed by atoms with E-state index in [0.29, 0.717) is 11.4 Å². The third-order valence-electron chi connectivity index (χ3n) is 3.90. The molecular weight excluding hydrogens is 308 g/mol. The molecule has 0 heterocycles. The molecule has 2 atom stereocenters. The van der Waals surface area contributed by atoms with Crippen molar-refractivity contribution in [2.24, 2.45) is 5.73 Å². The summed E-state index contributed by atoms with van der Waals surface area (Å²) in [4.78, 5) is 12.6. The first kappa shape index (κ1) is 17.4. The Morgan fingerprint density at radius 2 is 1.83 bits per heavy atom. The van der Waals surface area contributed by atoms with Crippen LogP contribution < -0.4 is 11.1 Å². The lowest BCUT2D eigenvalue weighted by molar-refractivity contribution is -0.120. The standard InChI is InChI=1S/C18H22N2O2S/c1-13-14(12-23(3)22)8-7-11-16(13)20-17(21)18(2,19)15-9-5-4-6-10-15/h4-11H,12,19H2,1-3H3,(H,20,21). The zero-order valence-electron chi connectivity index (χ0n) is 13.6. The minimum Gasteiger partial charge on any atom is -0.324 e. The molecule has 0 saturated carbocycles. The molecule has 2 rings (SSSR count). The molecule has 1 amide bonds. The Balaban J connectivity index is 2.25. The summed E-state index contributed by atoms with van der Waals surface area (Å²) in [6, 6.07) is 14.9. The number of rotatable bonds is 5. The Hall–Kier alpha value is -1.98. The van der Waals surface area contributed by atoms with Crippen LogP contribution in [0.15, 0.2) is 48.5 Å². The van der Waals surface area contributed by atoms with Crippen molar-refractivity contribution >= 4 is 22.4 Å². The molecule has 0 aliphatic heterocycles. The monoisotopic (exact) mass is 330 g/mol. The van der Waals surface area contributed by atoms with Gasteiger partial charge < -0.3 is 11.1 Å². The second-order valence-corrected chi connectivity index (χ2v) is 7.26. The van der Waals surface area contributed by atoms with Crippen molar-refractivity contribution in [3.05, 3.63) is 65.2 Å². The number of nitrogens with one attached hydrogen (secondary N) is 1. The molecule has 0 fully saturated rings. The van der Waals surface area contributed by atoms with E-state index in [1.54, 1.807) is 13.2 Å². The van der Waals surface area contributed by atoms with Crippen LogP contribution in [0.25, 0.3) is 0 Å². The minimum atomic E-state index is -1.13. The summed E-state index contributed by atoms with van der Waals surface area (Å²) in [7, 11) is -0.932. The summed E-state index contributed by atoms with van der Waals surface area (Å²) in [6.07, 6.45) is 1.66. The first-order valence-corrected chi connectivity index (χ1v) is 9.09. The van der Waals surface area contributed by atoms with Crippen molar-refractivity contribution in [3.8, 4) is 0 Å². The lowest BCUT2D eigenvalue weighted by Crippen LogP contribution is -2.45. The van der Waals surface area contributed by atoms with Crippen LogP contribution in [0.3, 0.4) is 0 Å². The predicted molar refractivity (Wildman–Crippen MR) is 95.6 cm³/mol. The molecule has 23 heavy (non-hydrogen) atoms. The van der Waals surface area contributed by atoms with Gasteiger partial charge in [0.05, 0.1) is 0 Å². The summed E-state index contributed by atoms with van der Waals surface area (Å²) >= 11 is 0. The molecule has 2 aromatic rings. The van der Waals surface area contributed by atoms with Crippen LogP contribution in [0.1, 0.15) is 23.6 Å². The average molecular weight is 330 g/mol. The second kappa shape index (κ2) is 7.06. The van der Waals surface area contributed by atoms with E-state index in [-0.39, 0.29) is 5.91 Å². The molecule has 0 aliphatic carbocycles. The van der Waals surface area contributed by atoms with Gasteiger partial charge in [-0.1, -0.05) is 42.5 Å². The quantitative estimate of drug-likeness (QED) is 0.885. The van der Waals surface area contributed by atoms with Gasteiger partial charge in [-0.25, -0.2) is 0 Å². The Labute approximate surface area is 139 Å². The molecule has 122 valence electrons. The van der Waals surface area contributed by atoms with E-state index in [9.17, 15) is 9.00 Å². The van der Waals surface area contributed by atoms with Crippen LogP contribution in [0, 0.1) is 6.92 Å². The third-order valence-corrected chi connectivity index (χ3v) is 4.62. The number of carbonyl (C=O) groups is 1. The molecule has 3 N–H and O–H groups in total. The van der Waals surface area contributed by atoms with Gasteiger partial charge in [-0.15, -0.1) is 0 Å². The third kappa shape index (κ3) is 4.06. The molecular formula is C18H22N2O2S. The van der Waals surface area contributed by atoms with Crippen molar-refractivity contribution in [1.29, 1.82) is 0 Å². The summed E-state index contributed by atoms with van der Waals surface area (Å²) in [6.45, 7) is 3.60. The van der Waals surface area contributed by atoms with Crippen LogP contribution in [0.5, 0.6) is 0 Å². The molecule has 2 unspecified atom stereocenters. The van der Waals surface area contributed by atoms with Crippen molar-refractivity contribution in [3.63, 3.8) is 0 Å². The summed E-state index contributed by atoms with van der Waals surface area (Å²) in [5.74, 6) is 0.190. The fraction of sp³-hybridized carbons (Fsp3) is 0.278. The van der Waals surface area contributed by atoms with Crippen molar-refractivity contribution < 1.29 is 9.00 Å². The molecule has 0 bridgehead atoms. The summed E-state index contributed by atoms with van der Waals surface area (Å²) in [5.41, 5.74) is 8.44. The zero-order valence-corrected chi connectivity index (χ0v) is 14.4. The van der Waals surface area contributed by atoms with Crippen LogP contribution in [-0.4, -0.2) is 16.4 Å². The highest BCUT2D eigenvalue weighted by Crippen LogP contribution is 2.24. The van der Waals surface area contributed by atoms with E-state index >= 15 is 0 Å². The zero-order chi connectivity index (χ0) is 17.0. The van der Waals surface area contributed by atoms with Gasteiger partial charge in [-0.2, -0.15) is 0 Å². The lowest BCUT2D eigenvalue weighted by atomic mass is 9.92. The molecule has 2 aromatic carbocycles. The van der Waals surface area contributed by atoms with Crippen LogP contribution >= 0.6 is 0 Å². The Morgan fingerprint density at radius 1 is 1.17 bits per heavy atom. The number of anilines is 1. The van der Waals surface area contributed by atoms with Gasteiger partial charge >= 0.3 is 0 Å². The number of carbonyl (C=O) groups excluding carboxylic acids is 1. The van der Waals surface area contributed by atoms with Crippen molar-refractivity contribution in [2.75, 3.05) is 11.6 Å². The van der Waals surface area contributed by atoms with Gasteiger partial charge in [0, 0.05) is 28.5 Å². The van der Waals surface area contributed by atoms with Gasteiger partial charge in [-0.05, 0) is 36.6 Å². The summed E-state index contributed by atoms with van der Waals surface area (Å²) in [5, 5.41) is 2.90. The molecule has 5 heteroatoms. The van der Waals surface area contributed by atoms with Crippen molar-refractivity contribution in [1.82, 2.24) is 0 Å². The van der Waals surface area contributed by atoms with Gasteiger partial charge in [-0.3, -0.25) is 9.00 Å². The second-order valence-electron chi connectivity index (χ2n) is 5.83. The topological polar surface area (TPSA) is 72.2 Å². The maximum atomic E-state index is 12.6. The Kier molecular flexibility index (Phi) is 5.34. The summed E-state index contributed by atoms with van der Waals surface area (Å²) < 4.78 is 11.4. The highest BCUT2D eigenvalue weighted by atomic mass is 32.2. The smallest absolute Gasteiger partial charge is 0.248 e. The van der Waals surface area contributed by atoms with E-state index in [2.05, 4.69) is 5.32 Å². The number of nitrogens with two attached hydrogens (primary N) is 1. The number of benzene rings is 2. The van der Waals surface area contributed by atoms with E-state index in [4.69, 9.17) is 5.73 Å². The van der Waals surface area contributed by atoms with Gasteiger partial charge in [0.2, 0.25) is 5.91 Å². The fourth-order valence-corrected chi connectivity index (χ4v) is 3.11. The van der Waals surface area contributed by atoms with E-state index in [1.165, 1.54) is 0 Å². The van der Waals surface area contributed by atoms with Crippen molar-refractivity contribution in [2.45, 2.75) is 25.1 Å². The van der Waals surface area contributed by atoms with Gasteiger partial charge in [0.1, 0.15) is 5.54 Å². The molecule has 0 aromatic heterocycles. The maximum Gasteiger partial charge on any atom is 0.248 e. The van der Waals surface area contributed by atoms with Crippen LogP contribution in [0.2, 0.25) is 0 Å². The van der Waals surface area contributed by atoms with E-state index in [0.717, 1.165) is 16.7 Å². The van der Waals surface area contributed by atoms with E-state index in [1.807, 2.05) is 55.5 Å². The van der Waals surface area contributed by atoms with Crippen LogP contribution in [-0.2, 0) is 26.9 Å². The first-order valence-electron chi connectivity index (χ1n) is 7.36. The number of hydrogen-bond donors (Lipinski definition) is 2. The number of hydrogen-bond acceptors (Lipinski definition) is 3. The number of amides is 1. The lowest BCUT2D eigenvalue weighted by Gasteiger charge is -2.25. The highest BCUT2D eigenvalue weighted by molar-refractivity contribution is 7.83. The van der Waals surface area contributed by atoms with Gasteiger partial charge in [0.25, 0.3) is 0 Å². The maximum absolute atomic E-state index is 12.6. The normalized spacial score (nSPS) is 14.8. The van der Waals surface area contributed by atoms with Crippen LogP contribution in [0.4, 0.5) is 5.69 Å².